The van der Waals surface area contributed by atoms with Gasteiger partial charge in [0.15, 0.2) is 6.10 Å². The predicted molar refractivity (Wildman–Crippen MR) is 84.2 cm³/mol. The first-order chi connectivity index (χ1) is 10.5. The van der Waals surface area contributed by atoms with E-state index in [0.29, 0.717) is 22.7 Å². The fraction of sp³-hybridized carbons (Fsp3) is 0.176. The van der Waals surface area contributed by atoms with E-state index in [-0.39, 0.29) is 5.91 Å². The molecule has 1 N–H and O–H groups in total. The van der Waals surface area contributed by atoms with Crippen molar-refractivity contribution < 1.29 is 14.3 Å². The van der Waals surface area contributed by atoms with E-state index in [1.165, 1.54) is 0 Å². The molecule has 3 rings (SSSR count). The smallest absolute Gasteiger partial charge is 0.339 e. The SMILES string of the molecule is Cc1ccc2c(c1)CC(C(=O)Nc1ccccc1Cl)OC2=O. The largest absolute Gasteiger partial charge is 0.448 e. The number of esters is 1. The topological polar surface area (TPSA) is 55.4 Å². The van der Waals surface area contributed by atoms with Gasteiger partial charge in [-0.15, -0.1) is 0 Å². The molecule has 1 atom stereocenters. The highest BCUT2D eigenvalue weighted by atomic mass is 35.5. The lowest BCUT2D eigenvalue weighted by Gasteiger charge is -2.24. The normalized spacial score (nSPS) is 16.6. The van der Waals surface area contributed by atoms with Gasteiger partial charge in [0, 0.05) is 6.42 Å². The van der Waals surface area contributed by atoms with Crippen LogP contribution in [0.1, 0.15) is 21.5 Å². The van der Waals surface area contributed by atoms with Crippen LogP contribution in [0.4, 0.5) is 5.69 Å². The summed E-state index contributed by atoms with van der Waals surface area (Å²) in [4.78, 5) is 24.3. The third-order valence-corrected chi connectivity index (χ3v) is 3.89. The molecule has 0 spiro atoms. The summed E-state index contributed by atoms with van der Waals surface area (Å²) in [6.45, 7) is 1.94. The second-order valence-electron chi connectivity index (χ2n) is 5.23. The Morgan fingerprint density at radius 2 is 2.05 bits per heavy atom. The molecular formula is C17H14ClNO3. The van der Waals surface area contributed by atoms with Crippen molar-refractivity contribution in [1.29, 1.82) is 0 Å². The average Bonchev–Trinajstić information content (AvgIpc) is 2.49. The molecule has 0 fully saturated rings. The van der Waals surface area contributed by atoms with Crippen LogP contribution in [0, 0.1) is 6.92 Å². The maximum Gasteiger partial charge on any atom is 0.339 e. The van der Waals surface area contributed by atoms with Gasteiger partial charge in [-0.2, -0.15) is 0 Å². The number of cyclic esters (lactones) is 1. The number of hydrogen-bond donors (Lipinski definition) is 1. The number of amides is 1. The summed E-state index contributed by atoms with van der Waals surface area (Å²) in [6, 6.07) is 12.4. The van der Waals surface area contributed by atoms with E-state index in [4.69, 9.17) is 16.3 Å². The minimum Gasteiger partial charge on any atom is -0.448 e. The molecule has 2 aromatic carbocycles. The van der Waals surface area contributed by atoms with Crippen LogP contribution < -0.4 is 5.32 Å². The highest BCUT2D eigenvalue weighted by Crippen LogP contribution is 2.25. The lowest BCUT2D eigenvalue weighted by Crippen LogP contribution is -2.38. The molecule has 0 aliphatic carbocycles. The fourth-order valence-electron chi connectivity index (χ4n) is 2.45. The number of anilines is 1. The molecule has 1 unspecified atom stereocenters. The number of ether oxygens (including phenoxy) is 1. The molecule has 22 heavy (non-hydrogen) atoms. The van der Waals surface area contributed by atoms with E-state index < -0.39 is 12.1 Å². The summed E-state index contributed by atoms with van der Waals surface area (Å²) < 4.78 is 5.23. The molecule has 0 aromatic heterocycles. The maximum atomic E-state index is 12.3. The molecule has 0 bridgehead atoms. The summed E-state index contributed by atoms with van der Waals surface area (Å²) in [5.74, 6) is -0.853. The van der Waals surface area contributed by atoms with E-state index in [0.717, 1.165) is 11.1 Å². The molecule has 5 heteroatoms. The van der Waals surface area contributed by atoms with Crippen molar-refractivity contribution >= 4 is 29.2 Å². The van der Waals surface area contributed by atoms with E-state index in [2.05, 4.69) is 5.32 Å². The van der Waals surface area contributed by atoms with Crippen LogP contribution in [0.25, 0.3) is 0 Å². The van der Waals surface area contributed by atoms with Gasteiger partial charge in [0.05, 0.1) is 16.3 Å². The summed E-state index contributed by atoms with van der Waals surface area (Å²) >= 11 is 6.02. The van der Waals surface area contributed by atoms with E-state index in [1.807, 2.05) is 19.1 Å². The van der Waals surface area contributed by atoms with E-state index >= 15 is 0 Å². The number of carbonyl (C=O) groups excluding carboxylic acids is 2. The summed E-state index contributed by atoms with van der Waals surface area (Å²) in [6.07, 6.45) is -0.489. The second kappa shape index (κ2) is 5.81. The Morgan fingerprint density at radius 1 is 1.27 bits per heavy atom. The van der Waals surface area contributed by atoms with Crippen LogP contribution in [0.3, 0.4) is 0 Å². The van der Waals surface area contributed by atoms with Gasteiger partial charge >= 0.3 is 5.97 Å². The zero-order chi connectivity index (χ0) is 15.7. The maximum absolute atomic E-state index is 12.3. The van der Waals surface area contributed by atoms with Crippen molar-refractivity contribution in [3.8, 4) is 0 Å². The number of rotatable bonds is 2. The Morgan fingerprint density at radius 3 is 2.82 bits per heavy atom. The second-order valence-corrected chi connectivity index (χ2v) is 5.63. The van der Waals surface area contributed by atoms with Crippen molar-refractivity contribution in [2.75, 3.05) is 5.32 Å². The number of nitrogens with one attached hydrogen (secondary N) is 1. The molecule has 2 aromatic rings. The number of aryl methyl sites for hydroxylation is 1. The highest BCUT2D eigenvalue weighted by molar-refractivity contribution is 6.33. The number of fused-ring (bicyclic) bond motifs is 1. The lowest BCUT2D eigenvalue weighted by molar-refractivity contribution is -0.125. The molecule has 1 heterocycles. The van der Waals surface area contributed by atoms with Crippen molar-refractivity contribution in [1.82, 2.24) is 0 Å². The Hall–Kier alpha value is -2.33. The van der Waals surface area contributed by atoms with Gasteiger partial charge in [0.2, 0.25) is 0 Å². The molecular weight excluding hydrogens is 302 g/mol. The van der Waals surface area contributed by atoms with Crippen LogP contribution in [0.15, 0.2) is 42.5 Å². The first-order valence-corrected chi connectivity index (χ1v) is 7.28. The molecule has 1 amide bonds. The summed E-state index contributed by atoms with van der Waals surface area (Å²) in [5.41, 5.74) is 2.89. The minimum absolute atomic E-state index is 0.360. The van der Waals surface area contributed by atoms with Crippen molar-refractivity contribution in [3.05, 3.63) is 64.2 Å². The monoisotopic (exact) mass is 315 g/mol. The number of hydrogen-bond acceptors (Lipinski definition) is 3. The highest BCUT2D eigenvalue weighted by Gasteiger charge is 2.31. The molecule has 1 aliphatic rings. The van der Waals surface area contributed by atoms with Crippen LogP contribution in [0.5, 0.6) is 0 Å². The van der Waals surface area contributed by atoms with Crippen molar-refractivity contribution in [2.24, 2.45) is 0 Å². The fourth-order valence-corrected chi connectivity index (χ4v) is 2.63. The van der Waals surface area contributed by atoms with Gasteiger partial charge < -0.3 is 10.1 Å². The van der Waals surface area contributed by atoms with Crippen LogP contribution >= 0.6 is 11.6 Å². The first kappa shape index (κ1) is 14.6. The molecule has 1 aliphatic heterocycles. The molecule has 0 saturated heterocycles. The Bertz CT molecular complexity index is 757. The standard InChI is InChI=1S/C17H14ClNO3/c1-10-6-7-12-11(8-10)9-15(22-17(12)21)16(20)19-14-5-3-2-4-13(14)18/h2-8,15H,9H2,1H3,(H,19,20). The van der Waals surface area contributed by atoms with E-state index in [9.17, 15) is 9.59 Å². The first-order valence-electron chi connectivity index (χ1n) is 6.90. The third kappa shape index (κ3) is 2.83. The Labute approximate surface area is 133 Å². The summed E-state index contributed by atoms with van der Waals surface area (Å²) in [5, 5.41) is 3.14. The van der Waals surface area contributed by atoms with Gasteiger partial charge in [0.25, 0.3) is 5.91 Å². The van der Waals surface area contributed by atoms with Crippen LogP contribution in [0.2, 0.25) is 5.02 Å². The van der Waals surface area contributed by atoms with Gasteiger partial charge in [-0.05, 0) is 30.7 Å². The van der Waals surface area contributed by atoms with Crippen molar-refractivity contribution in [2.45, 2.75) is 19.4 Å². The molecule has 4 nitrogen and oxygen atoms in total. The zero-order valence-electron chi connectivity index (χ0n) is 11.9. The number of para-hydroxylation sites is 1. The van der Waals surface area contributed by atoms with Gasteiger partial charge in [-0.3, -0.25) is 4.79 Å². The Balaban J connectivity index is 1.80. The number of benzene rings is 2. The lowest BCUT2D eigenvalue weighted by atomic mass is 9.96. The van der Waals surface area contributed by atoms with Gasteiger partial charge in [-0.1, -0.05) is 41.4 Å². The van der Waals surface area contributed by atoms with Gasteiger partial charge in [0.1, 0.15) is 0 Å². The predicted octanol–water partition coefficient (Wildman–Crippen LogP) is 3.37. The number of carbonyl (C=O) groups is 2. The molecule has 0 radical (unpaired) electrons. The quantitative estimate of drug-likeness (QED) is 0.864. The van der Waals surface area contributed by atoms with Crippen LogP contribution in [-0.4, -0.2) is 18.0 Å². The summed E-state index contributed by atoms with van der Waals surface area (Å²) in [7, 11) is 0. The van der Waals surface area contributed by atoms with Crippen LogP contribution in [-0.2, 0) is 16.0 Å². The number of halogens is 1. The minimum atomic E-state index is -0.849. The molecule has 112 valence electrons. The third-order valence-electron chi connectivity index (χ3n) is 3.56. The van der Waals surface area contributed by atoms with Crippen molar-refractivity contribution in [3.63, 3.8) is 0 Å². The molecule has 0 saturated carbocycles. The zero-order valence-corrected chi connectivity index (χ0v) is 12.7. The van der Waals surface area contributed by atoms with Gasteiger partial charge in [-0.25, -0.2) is 4.79 Å². The Kier molecular flexibility index (Phi) is 3.86. The average molecular weight is 316 g/mol. The van der Waals surface area contributed by atoms with E-state index in [1.54, 1.807) is 30.3 Å².